The van der Waals surface area contributed by atoms with Crippen LogP contribution in [0.5, 0.6) is 0 Å². The third-order valence-corrected chi connectivity index (χ3v) is 5.69. The molecule has 2 aromatic rings. The zero-order chi connectivity index (χ0) is 18.8. The molecule has 0 bridgehead atoms. The maximum absolute atomic E-state index is 13.2. The predicted molar refractivity (Wildman–Crippen MR) is 109 cm³/mol. The first-order valence-corrected chi connectivity index (χ1v) is 9.77. The van der Waals surface area contributed by atoms with Crippen molar-refractivity contribution in [2.75, 3.05) is 37.6 Å². The number of piperazine rings is 1. The van der Waals surface area contributed by atoms with E-state index in [4.69, 9.17) is 0 Å². The standard InChI is InChI=1S/C22H28N4O/c1-16-6-8-18(9-7-16)21-20(15-23-24-21)22(27)26-12-10-25(11-13-26)19-5-3-4-17(2)14-19/h3-9,14,20-21,23-24H,10-13,15H2,1-2H3. The zero-order valence-corrected chi connectivity index (χ0v) is 16.1. The SMILES string of the molecule is Cc1ccc(C2NNCC2C(=O)N2CCN(c3cccc(C)c3)CC2)cc1. The summed E-state index contributed by atoms with van der Waals surface area (Å²) in [4.78, 5) is 17.6. The number of anilines is 1. The molecule has 5 nitrogen and oxygen atoms in total. The largest absolute Gasteiger partial charge is 0.368 e. The van der Waals surface area contributed by atoms with Crippen LogP contribution in [-0.2, 0) is 4.79 Å². The van der Waals surface area contributed by atoms with Crippen LogP contribution in [0, 0.1) is 19.8 Å². The first kappa shape index (κ1) is 18.0. The number of rotatable bonds is 3. The smallest absolute Gasteiger partial charge is 0.229 e. The number of amides is 1. The van der Waals surface area contributed by atoms with Crippen molar-refractivity contribution >= 4 is 11.6 Å². The van der Waals surface area contributed by atoms with Crippen molar-refractivity contribution in [3.63, 3.8) is 0 Å². The number of hydrogen-bond donors (Lipinski definition) is 2. The Balaban J connectivity index is 1.40. The highest BCUT2D eigenvalue weighted by molar-refractivity contribution is 5.80. The van der Waals surface area contributed by atoms with E-state index in [2.05, 4.69) is 78.1 Å². The minimum Gasteiger partial charge on any atom is -0.368 e. The summed E-state index contributed by atoms with van der Waals surface area (Å²) in [6.45, 7) is 8.22. The molecule has 142 valence electrons. The van der Waals surface area contributed by atoms with Gasteiger partial charge in [0.1, 0.15) is 0 Å². The number of nitrogens with zero attached hydrogens (tertiary/aromatic N) is 2. The molecule has 2 unspecified atom stereocenters. The average molecular weight is 364 g/mol. The highest BCUT2D eigenvalue weighted by atomic mass is 16.2. The van der Waals surface area contributed by atoms with Gasteiger partial charge in [-0.3, -0.25) is 10.2 Å². The van der Waals surface area contributed by atoms with E-state index >= 15 is 0 Å². The number of benzene rings is 2. The van der Waals surface area contributed by atoms with Gasteiger partial charge >= 0.3 is 0 Å². The molecule has 2 atom stereocenters. The minimum atomic E-state index is -0.0572. The van der Waals surface area contributed by atoms with Crippen molar-refractivity contribution in [1.82, 2.24) is 15.8 Å². The summed E-state index contributed by atoms with van der Waals surface area (Å²) in [5.41, 5.74) is 11.4. The van der Waals surface area contributed by atoms with Gasteiger partial charge in [-0.25, -0.2) is 5.43 Å². The molecule has 2 aliphatic heterocycles. The van der Waals surface area contributed by atoms with Crippen LogP contribution in [0.2, 0.25) is 0 Å². The van der Waals surface area contributed by atoms with E-state index in [1.807, 2.05) is 4.90 Å². The first-order valence-electron chi connectivity index (χ1n) is 9.77. The van der Waals surface area contributed by atoms with E-state index in [0.717, 1.165) is 26.2 Å². The van der Waals surface area contributed by atoms with Gasteiger partial charge in [0.05, 0.1) is 12.0 Å². The number of carbonyl (C=O) groups is 1. The Hall–Kier alpha value is -2.37. The Morgan fingerprint density at radius 1 is 0.963 bits per heavy atom. The molecule has 1 amide bonds. The lowest BCUT2D eigenvalue weighted by Crippen LogP contribution is -2.51. The van der Waals surface area contributed by atoms with Gasteiger partial charge in [-0.1, -0.05) is 42.0 Å². The van der Waals surface area contributed by atoms with Gasteiger partial charge < -0.3 is 9.80 Å². The fraction of sp³-hybridized carbons (Fsp3) is 0.409. The summed E-state index contributed by atoms with van der Waals surface area (Å²) < 4.78 is 0. The quantitative estimate of drug-likeness (QED) is 0.878. The van der Waals surface area contributed by atoms with Crippen LogP contribution < -0.4 is 15.8 Å². The second kappa shape index (κ2) is 7.71. The molecule has 0 saturated carbocycles. The van der Waals surface area contributed by atoms with Crippen molar-refractivity contribution in [2.24, 2.45) is 5.92 Å². The molecule has 2 aliphatic rings. The van der Waals surface area contributed by atoms with Gasteiger partial charge in [0, 0.05) is 38.4 Å². The summed E-state index contributed by atoms with van der Waals surface area (Å²) in [5, 5.41) is 0. The predicted octanol–water partition coefficient (Wildman–Crippen LogP) is 2.42. The van der Waals surface area contributed by atoms with Gasteiger partial charge in [0.15, 0.2) is 0 Å². The van der Waals surface area contributed by atoms with Crippen LogP contribution in [-0.4, -0.2) is 43.5 Å². The third-order valence-electron chi connectivity index (χ3n) is 5.69. The van der Waals surface area contributed by atoms with E-state index < -0.39 is 0 Å². The summed E-state index contributed by atoms with van der Waals surface area (Å²) in [5.74, 6) is 0.195. The van der Waals surface area contributed by atoms with E-state index in [1.165, 1.54) is 22.4 Å². The lowest BCUT2D eigenvalue weighted by atomic mass is 9.93. The number of hydrogen-bond acceptors (Lipinski definition) is 4. The summed E-state index contributed by atoms with van der Waals surface area (Å²) in [7, 11) is 0. The molecule has 2 aromatic carbocycles. The number of nitrogens with one attached hydrogen (secondary N) is 2. The van der Waals surface area contributed by atoms with Gasteiger partial charge in [-0.15, -0.1) is 0 Å². The normalized spacial score (nSPS) is 22.9. The molecular weight excluding hydrogens is 336 g/mol. The monoisotopic (exact) mass is 364 g/mol. The lowest BCUT2D eigenvalue weighted by Gasteiger charge is -2.37. The van der Waals surface area contributed by atoms with Gasteiger partial charge in [-0.2, -0.15) is 0 Å². The first-order chi connectivity index (χ1) is 13.1. The van der Waals surface area contributed by atoms with Crippen molar-refractivity contribution in [2.45, 2.75) is 19.9 Å². The van der Waals surface area contributed by atoms with E-state index in [9.17, 15) is 4.79 Å². The van der Waals surface area contributed by atoms with Crippen LogP contribution in [0.15, 0.2) is 48.5 Å². The second-order valence-corrected chi connectivity index (χ2v) is 7.67. The Bertz CT molecular complexity index is 796. The Morgan fingerprint density at radius 3 is 2.41 bits per heavy atom. The van der Waals surface area contributed by atoms with Gasteiger partial charge in [0.2, 0.25) is 5.91 Å². The number of hydrazine groups is 1. The Labute approximate surface area is 161 Å². The topological polar surface area (TPSA) is 47.6 Å². The van der Waals surface area contributed by atoms with Crippen LogP contribution >= 0.6 is 0 Å². The molecule has 0 spiro atoms. The second-order valence-electron chi connectivity index (χ2n) is 7.67. The molecule has 27 heavy (non-hydrogen) atoms. The molecule has 4 rings (SSSR count). The summed E-state index contributed by atoms with van der Waals surface area (Å²) in [6, 6.07) is 17.1. The van der Waals surface area contributed by atoms with Crippen molar-refractivity contribution in [1.29, 1.82) is 0 Å². The van der Waals surface area contributed by atoms with Crippen molar-refractivity contribution in [3.8, 4) is 0 Å². The van der Waals surface area contributed by atoms with E-state index in [0.29, 0.717) is 6.54 Å². The van der Waals surface area contributed by atoms with Gasteiger partial charge in [-0.05, 0) is 37.1 Å². The fourth-order valence-electron chi connectivity index (χ4n) is 4.06. The van der Waals surface area contributed by atoms with Crippen LogP contribution in [0.3, 0.4) is 0 Å². The number of carbonyl (C=O) groups excluding carboxylic acids is 1. The molecule has 0 radical (unpaired) electrons. The zero-order valence-electron chi connectivity index (χ0n) is 16.1. The average Bonchev–Trinajstić information content (AvgIpc) is 3.18. The third kappa shape index (κ3) is 3.84. The highest BCUT2D eigenvalue weighted by Crippen LogP contribution is 2.27. The van der Waals surface area contributed by atoms with Crippen LogP contribution in [0.25, 0.3) is 0 Å². The maximum Gasteiger partial charge on any atom is 0.229 e. The highest BCUT2D eigenvalue weighted by Gasteiger charge is 2.37. The maximum atomic E-state index is 13.2. The minimum absolute atomic E-state index is 0.0351. The molecule has 0 aromatic heterocycles. The summed E-state index contributed by atoms with van der Waals surface area (Å²) >= 11 is 0. The van der Waals surface area contributed by atoms with Crippen LogP contribution in [0.4, 0.5) is 5.69 Å². The Morgan fingerprint density at radius 2 is 1.70 bits per heavy atom. The van der Waals surface area contributed by atoms with Crippen LogP contribution in [0.1, 0.15) is 22.7 Å². The van der Waals surface area contributed by atoms with E-state index in [1.54, 1.807) is 0 Å². The molecule has 0 aliphatic carbocycles. The lowest BCUT2D eigenvalue weighted by molar-refractivity contribution is -0.135. The number of aryl methyl sites for hydroxylation is 2. The molecule has 5 heteroatoms. The van der Waals surface area contributed by atoms with Crippen molar-refractivity contribution in [3.05, 3.63) is 65.2 Å². The molecule has 2 saturated heterocycles. The van der Waals surface area contributed by atoms with Gasteiger partial charge in [0.25, 0.3) is 0 Å². The molecule has 2 heterocycles. The molecular formula is C22H28N4O. The molecule has 2 N–H and O–H groups in total. The molecule has 2 fully saturated rings. The van der Waals surface area contributed by atoms with E-state index in [-0.39, 0.29) is 17.9 Å². The fourth-order valence-corrected chi connectivity index (χ4v) is 4.06. The van der Waals surface area contributed by atoms with Crippen molar-refractivity contribution < 1.29 is 4.79 Å². The summed E-state index contributed by atoms with van der Waals surface area (Å²) in [6.07, 6.45) is 0. The Kier molecular flexibility index (Phi) is 5.14.